The molecule has 4 heteroatoms. The van der Waals surface area contributed by atoms with Gasteiger partial charge < -0.3 is 14.0 Å². The molecule has 1 aliphatic rings. The van der Waals surface area contributed by atoms with Crippen LogP contribution in [0.1, 0.15) is 23.0 Å². The van der Waals surface area contributed by atoms with Gasteiger partial charge in [0, 0.05) is 18.8 Å². The highest BCUT2D eigenvalue weighted by Gasteiger charge is 2.42. The molecule has 0 aromatic carbocycles. The van der Waals surface area contributed by atoms with E-state index in [4.69, 9.17) is 4.74 Å². The maximum absolute atomic E-state index is 11.3. The van der Waals surface area contributed by atoms with E-state index in [1.807, 2.05) is 26.2 Å². The lowest BCUT2D eigenvalue weighted by molar-refractivity contribution is 0.0590. The van der Waals surface area contributed by atoms with E-state index in [1.165, 1.54) is 7.11 Å². The molecule has 1 aliphatic heterocycles. The van der Waals surface area contributed by atoms with Crippen LogP contribution in [-0.4, -0.2) is 24.3 Å². The predicted octanol–water partition coefficient (Wildman–Crippen LogP) is 1.06. The first-order valence-corrected chi connectivity index (χ1v) is 4.46. The quantitative estimate of drug-likeness (QED) is 0.523. The fourth-order valence-corrected chi connectivity index (χ4v) is 1.44. The molecule has 2 rings (SSSR count). The summed E-state index contributed by atoms with van der Waals surface area (Å²) < 4.78 is 11.7. The van der Waals surface area contributed by atoms with Crippen molar-refractivity contribution in [3.05, 3.63) is 23.5 Å². The highest BCUT2D eigenvalue weighted by atomic mass is 16.6. The second-order valence-corrected chi connectivity index (χ2v) is 3.74. The second-order valence-electron chi connectivity index (χ2n) is 3.74. The molecule has 0 aliphatic carbocycles. The zero-order valence-corrected chi connectivity index (χ0v) is 8.53. The molecule has 1 atom stereocenters. The number of epoxide rings is 1. The molecule has 1 aromatic heterocycles. The third kappa shape index (κ3) is 1.32. The Kier molecular flexibility index (Phi) is 1.89. The van der Waals surface area contributed by atoms with E-state index in [2.05, 4.69) is 4.74 Å². The van der Waals surface area contributed by atoms with Crippen molar-refractivity contribution >= 4 is 5.97 Å². The monoisotopic (exact) mass is 195 g/mol. The number of methoxy groups -OCH3 is 1. The molecule has 0 amide bonds. The van der Waals surface area contributed by atoms with Crippen LogP contribution in [0.5, 0.6) is 0 Å². The topological polar surface area (TPSA) is 43.8 Å². The Morgan fingerprint density at radius 1 is 1.71 bits per heavy atom. The van der Waals surface area contributed by atoms with Crippen LogP contribution in [0.2, 0.25) is 0 Å². The van der Waals surface area contributed by atoms with Crippen LogP contribution in [0, 0.1) is 0 Å². The van der Waals surface area contributed by atoms with Crippen molar-refractivity contribution in [3.8, 4) is 0 Å². The van der Waals surface area contributed by atoms with Crippen molar-refractivity contribution < 1.29 is 14.3 Å². The van der Waals surface area contributed by atoms with Crippen molar-refractivity contribution in [3.63, 3.8) is 0 Å². The lowest BCUT2D eigenvalue weighted by Crippen LogP contribution is -2.06. The highest BCUT2D eigenvalue weighted by Crippen LogP contribution is 2.38. The van der Waals surface area contributed by atoms with Gasteiger partial charge in [0.2, 0.25) is 0 Å². The molecule has 2 heterocycles. The van der Waals surface area contributed by atoms with Crippen LogP contribution >= 0.6 is 0 Å². The summed E-state index contributed by atoms with van der Waals surface area (Å²) in [6, 6.07) is 1.82. The van der Waals surface area contributed by atoms with Gasteiger partial charge in [-0.2, -0.15) is 0 Å². The van der Waals surface area contributed by atoms with E-state index in [9.17, 15) is 4.79 Å². The first-order chi connectivity index (χ1) is 6.57. The number of aromatic nitrogens is 1. The standard InChI is InChI=1S/C10H13NO3/c1-10(6-14-10)7-4-8(9(12)13-3)11(2)5-7/h4-5H,6H2,1-3H3. The van der Waals surface area contributed by atoms with Gasteiger partial charge in [-0.1, -0.05) is 0 Å². The van der Waals surface area contributed by atoms with E-state index in [0.29, 0.717) is 5.69 Å². The predicted molar refractivity (Wildman–Crippen MR) is 50.1 cm³/mol. The molecule has 1 aromatic rings. The number of ether oxygens (including phenoxy) is 2. The number of hydrogen-bond acceptors (Lipinski definition) is 3. The minimum atomic E-state index is -0.317. The summed E-state index contributed by atoms with van der Waals surface area (Å²) in [6.45, 7) is 2.72. The van der Waals surface area contributed by atoms with E-state index >= 15 is 0 Å². The maximum atomic E-state index is 11.3. The van der Waals surface area contributed by atoms with Crippen LogP contribution in [0.4, 0.5) is 0 Å². The van der Waals surface area contributed by atoms with Gasteiger partial charge in [-0.05, 0) is 13.0 Å². The maximum Gasteiger partial charge on any atom is 0.354 e. The lowest BCUT2D eigenvalue weighted by Gasteiger charge is -1.98. The van der Waals surface area contributed by atoms with Crippen LogP contribution in [-0.2, 0) is 22.1 Å². The van der Waals surface area contributed by atoms with E-state index in [-0.39, 0.29) is 11.6 Å². The molecule has 0 N–H and O–H groups in total. The Morgan fingerprint density at radius 2 is 2.36 bits per heavy atom. The average molecular weight is 195 g/mol. The minimum absolute atomic E-state index is 0.190. The minimum Gasteiger partial charge on any atom is -0.464 e. The van der Waals surface area contributed by atoms with Gasteiger partial charge in [-0.15, -0.1) is 0 Å². The second kappa shape index (κ2) is 2.85. The summed E-state index contributed by atoms with van der Waals surface area (Å²) in [6.07, 6.45) is 1.90. The third-order valence-corrected chi connectivity index (χ3v) is 2.59. The van der Waals surface area contributed by atoms with Crippen LogP contribution < -0.4 is 0 Å². The Labute approximate surface area is 82.4 Å². The third-order valence-electron chi connectivity index (χ3n) is 2.59. The van der Waals surface area contributed by atoms with Gasteiger partial charge in [0.1, 0.15) is 11.3 Å². The first-order valence-electron chi connectivity index (χ1n) is 4.46. The van der Waals surface area contributed by atoms with Crippen molar-refractivity contribution in [2.75, 3.05) is 13.7 Å². The molecule has 4 nitrogen and oxygen atoms in total. The van der Waals surface area contributed by atoms with Crippen molar-refractivity contribution in [1.82, 2.24) is 4.57 Å². The number of aryl methyl sites for hydroxylation is 1. The average Bonchev–Trinajstić information content (AvgIpc) is 2.78. The van der Waals surface area contributed by atoms with E-state index in [1.54, 1.807) is 4.57 Å². The van der Waals surface area contributed by atoms with E-state index in [0.717, 1.165) is 12.2 Å². The van der Waals surface area contributed by atoms with Crippen molar-refractivity contribution in [2.45, 2.75) is 12.5 Å². The molecule has 0 bridgehead atoms. The molecule has 14 heavy (non-hydrogen) atoms. The molecule has 76 valence electrons. The van der Waals surface area contributed by atoms with Gasteiger partial charge >= 0.3 is 5.97 Å². The zero-order valence-electron chi connectivity index (χ0n) is 8.53. The number of hydrogen-bond donors (Lipinski definition) is 0. The van der Waals surface area contributed by atoms with Gasteiger partial charge in [-0.25, -0.2) is 4.79 Å². The van der Waals surface area contributed by atoms with Gasteiger partial charge in [-0.3, -0.25) is 0 Å². The van der Waals surface area contributed by atoms with E-state index < -0.39 is 0 Å². The summed E-state index contributed by atoms with van der Waals surface area (Å²) in [5, 5.41) is 0. The molecule has 1 saturated heterocycles. The summed E-state index contributed by atoms with van der Waals surface area (Å²) in [5.41, 5.74) is 1.39. The Balaban J connectivity index is 2.34. The fraction of sp³-hybridized carbons (Fsp3) is 0.500. The van der Waals surface area contributed by atoms with Gasteiger partial charge in [0.05, 0.1) is 13.7 Å². The molecular weight excluding hydrogens is 182 g/mol. The van der Waals surface area contributed by atoms with Crippen molar-refractivity contribution in [2.24, 2.45) is 7.05 Å². The Morgan fingerprint density at radius 3 is 2.86 bits per heavy atom. The Bertz CT molecular complexity index is 377. The van der Waals surface area contributed by atoms with Gasteiger partial charge in [0.25, 0.3) is 0 Å². The lowest BCUT2D eigenvalue weighted by atomic mass is 10.1. The number of nitrogens with zero attached hydrogens (tertiary/aromatic N) is 1. The van der Waals surface area contributed by atoms with Crippen LogP contribution in [0.15, 0.2) is 12.3 Å². The first kappa shape index (κ1) is 9.27. The van der Waals surface area contributed by atoms with Crippen LogP contribution in [0.25, 0.3) is 0 Å². The molecule has 1 unspecified atom stereocenters. The summed E-state index contributed by atoms with van der Waals surface area (Å²) in [7, 11) is 3.20. The Hall–Kier alpha value is -1.29. The number of esters is 1. The SMILES string of the molecule is COC(=O)c1cc(C2(C)CO2)cn1C. The smallest absolute Gasteiger partial charge is 0.354 e. The summed E-state index contributed by atoms with van der Waals surface area (Å²) in [4.78, 5) is 11.3. The summed E-state index contributed by atoms with van der Waals surface area (Å²) >= 11 is 0. The molecule has 0 radical (unpaired) electrons. The highest BCUT2D eigenvalue weighted by molar-refractivity contribution is 5.88. The molecular formula is C10H13NO3. The normalized spacial score (nSPS) is 24.8. The van der Waals surface area contributed by atoms with Crippen LogP contribution in [0.3, 0.4) is 0 Å². The largest absolute Gasteiger partial charge is 0.464 e. The zero-order chi connectivity index (χ0) is 10.3. The fourth-order valence-electron chi connectivity index (χ4n) is 1.44. The molecule has 1 fully saturated rings. The molecule has 0 spiro atoms. The molecule has 0 saturated carbocycles. The number of carbonyl (C=O) groups excluding carboxylic acids is 1. The number of carbonyl (C=O) groups is 1. The summed E-state index contributed by atoms with van der Waals surface area (Å²) in [5.74, 6) is -0.317. The number of rotatable bonds is 2. The van der Waals surface area contributed by atoms with Gasteiger partial charge in [0.15, 0.2) is 0 Å². The van der Waals surface area contributed by atoms with Crippen molar-refractivity contribution in [1.29, 1.82) is 0 Å².